The van der Waals surface area contributed by atoms with E-state index in [2.05, 4.69) is 15.2 Å². The van der Waals surface area contributed by atoms with Crippen molar-refractivity contribution in [2.24, 2.45) is 11.7 Å². The number of hydrogen-bond donors (Lipinski definition) is 2. The van der Waals surface area contributed by atoms with Gasteiger partial charge in [-0.05, 0) is 31.4 Å². The molecule has 0 bridgehead atoms. The molecule has 1 amide bonds. The Bertz CT molecular complexity index is 517. The second-order valence-corrected chi connectivity index (χ2v) is 6.09. The maximum atomic E-state index is 12.5. The number of anilines is 2. The molecule has 2 aliphatic rings. The normalized spacial score (nSPS) is 25.8. The molecule has 6 nitrogen and oxygen atoms in total. The highest BCUT2D eigenvalue weighted by molar-refractivity contribution is 5.95. The van der Waals surface area contributed by atoms with Crippen LogP contribution in [-0.2, 0) is 9.53 Å². The van der Waals surface area contributed by atoms with Crippen LogP contribution in [0.1, 0.15) is 25.7 Å². The lowest BCUT2D eigenvalue weighted by atomic mass is 9.85. The minimum atomic E-state index is 0.0153. The fourth-order valence-corrected chi connectivity index (χ4v) is 3.22. The number of pyridine rings is 1. The van der Waals surface area contributed by atoms with Gasteiger partial charge < -0.3 is 20.7 Å². The minimum absolute atomic E-state index is 0.0153. The summed E-state index contributed by atoms with van der Waals surface area (Å²) in [6.45, 7) is 2.99. The van der Waals surface area contributed by atoms with E-state index in [9.17, 15) is 4.79 Å². The topological polar surface area (TPSA) is 80.5 Å². The summed E-state index contributed by atoms with van der Waals surface area (Å²) in [7, 11) is 0. The number of nitrogens with zero attached hydrogens (tertiary/aromatic N) is 2. The summed E-state index contributed by atoms with van der Waals surface area (Å²) in [6, 6.07) is 3.92. The molecule has 0 radical (unpaired) electrons. The molecular weight excluding hydrogens is 280 g/mol. The zero-order valence-electron chi connectivity index (χ0n) is 12.8. The first-order chi connectivity index (χ1) is 10.7. The Hall–Kier alpha value is -1.66. The van der Waals surface area contributed by atoms with Crippen LogP contribution in [-0.4, -0.2) is 43.2 Å². The number of morpholine rings is 1. The molecule has 0 aromatic carbocycles. The molecule has 2 heterocycles. The van der Waals surface area contributed by atoms with Crippen molar-refractivity contribution in [2.75, 3.05) is 36.5 Å². The molecule has 3 rings (SSSR count). The molecule has 1 aliphatic carbocycles. The Morgan fingerprint density at radius 1 is 1.36 bits per heavy atom. The Morgan fingerprint density at radius 3 is 2.95 bits per heavy atom. The predicted octanol–water partition coefficient (Wildman–Crippen LogP) is 1.37. The summed E-state index contributed by atoms with van der Waals surface area (Å²) >= 11 is 0. The summed E-state index contributed by atoms with van der Waals surface area (Å²) in [4.78, 5) is 19.1. The SMILES string of the molecule is NC1CCCC(C(=O)Nc2cccnc2N2CCOCC2)C1. The smallest absolute Gasteiger partial charge is 0.227 e. The van der Waals surface area contributed by atoms with Crippen LogP contribution in [0.15, 0.2) is 18.3 Å². The van der Waals surface area contributed by atoms with E-state index in [4.69, 9.17) is 10.5 Å². The molecule has 3 N–H and O–H groups in total. The lowest BCUT2D eigenvalue weighted by Crippen LogP contribution is -2.38. The molecule has 1 aromatic heterocycles. The summed E-state index contributed by atoms with van der Waals surface area (Å²) in [5.74, 6) is 0.915. The Labute approximate surface area is 131 Å². The lowest BCUT2D eigenvalue weighted by molar-refractivity contribution is -0.120. The van der Waals surface area contributed by atoms with Crippen LogP contribution in [0.4, 0.5) is 11.5 Å². The standard InChI is InChI=1S/C16H24N4O2/c17-13-4-1-3-12(11-13)16(21)19-14-5-2-6-18-15(14)20-7-9-22-10-8-20/h2,5-6,12-13H,1,3-4,7-11,17H2,(H,19,21). The van der Waals surface area contributed by atoms with E-state index >= 15 is 0 Å². The second-order valence-electron chi connectivity index (χ2n) is 6.09. The van der Waals surface area contributed by atoms with Gasteiger partial charge in [0.15, 0.2) is 5.82 Å². The zero-order valence-corrected chi connectivity index (χ0v) is 12.8. The summed E-state index contributed by atoms with van der Waals surface area (Å²) in [5.41, 5.74) is 6.77. The van der Waals surface area contributed by atoms with Gasteiger partial charge in [-0.1, -0.05) is 6.42 Å². The van der Waals surface area contributed by atoms with E-state index in [0.717, 1.165) is 50.3 Å². The van der Waals surface area contributed by atoms with Gasteiger partial charge >= 0.3 is 0 Å². The van der Waals surface area contributed by atoms with Gasteiger partial charge in [0.05, 0.1) is 18.9 Å². The number of carbonyl (C=O) groups is 1. The van der Waals surface area contributed by atoms with Crippen molar-refractivity contribution in [3.05, 3.63) is 18.3 Å². The van der Waals surface area contributed by atoms with Gasteiger partial charge in [-0.25, -0.2) is 4.98 Å². The van der Waals surface area contributed by atoms with Crippen LogP contribution in [0.2, 0.25) is 0 Å². The van der Waals surface area contributed by atoms with E-state index < -0.39 is 0 Å². The number of amides is 1. The number of nitrogens with one attached hydrogen (secondary N) is 1. The number of nitrogens with two attached hydrogens (primary N) is 1. The van der Waals surface area contributed by atoms with Crippen molar-refractivity contribution in [3.8, 4) is 0 Å². The summed E-state index contributed by atoms with van der Waals surface area (Å²) in [6.07, 6.45) is 5.51. The molecule has 1 saturated heterocycles. The Kier molecular flexibility index (Phi) is 4.90. The highest BCUT2D eigenvalue weighted by Gasteiger charge is 2.26. The van der Waals surface area contributed by atoms with E-state index in [0.29, 0.717) is 13.2 Å². The first-order valence-electron chi connectivity index (χ1n) is 8.08. The number of aromatic nitrogens is 1. The number of hydrogen-bond acceptors (Lipinski definition) is 5. The van der Waals surface area contributed by atoms with Crippen molar-refractivity contribution >= 4 is 17.4 Å². The Balaban J connectivity index is 1.70. The molecule has 6 heteroatoms. The van der Waals surface area contributed by atoms with Crippen molar-refractivity contribution in [3.63, 3.8) is 0 Å². The maximum Gasteiger partial charge on any atom is 0.227 e. The minimum Gasteiger partial charge on any atom is -0.378 e. The predicted molar refractivity (Wildman–Crippen MR) is 85.8 cm³/mol. The fraction of sp³-hybridized carbons (Fsp3) is 0.625. The third kappa shape index (κ3) is 3.56. The largest absolute Gasteiger partial charge is 0.378 e. The van der Waals surface area contributed by atoms with Crippen LogP contribution >= 0.6 is 0 Å². The number of carbonyl (C=O) groups excluding carboxylic acids is 1. The van der Waals surface area contributed by atoms with E-state index in [1.54, 1.807) is 6.20 Å². The number of rotatable bonds is 3. The summed E-state index contributed by atoms with van der Waals surface area (Å²) in [5, 5.41) is 3.06. The van der Waals surface area contributed by atoms with Gasteiger partial charge in [0.1, 0.15) is 0 Å². The molecule has 22 heavy (non-hydrogen) atoms. The van der Waals surface area contributed by atoms with Crippen LogP contribution in [0.25, 0.3) is 0 Å². The highest BCUT2D eigenvalue weighted by atomic mass is 16.5. The third-order valence-electron chi connectivity index (χ3n) is 4.44. The molecule has 2 unspecified atom stereocenters. The Morgan fingerprint density at radius 2 is 2.18 bits per heavy atom. The molecular formula is C16H24N4O2. The van der Waals surface area contributed by atoms with E-state index in [-0.39, 0.29) is 17.9 Å². The monoisotopic (exact) mass is 304 g/mol. The second kappa shape index (κ2) is 7.07. The quantitative estimate of drug-likeness (QED) is 0.881. The van der Waals surface area contributed by atoms with Crippen molar-refractivity contribution < 1.29 is 9.53 Å². The molecule has 120 valence electrons. The van der Waals surface area contributed by atoms with Gasteiger partial charge in [0.2, 0.25) is 5.91 Å². The van der Waals surface area contributed by atoms with Crippen molar-refractivity contribution in [1.29, 1.82) is 0 Å². The number of ether oxygens (including phenoxy) is 1. The molecule has 2 fully saturated rings. The fourth-order valence-electron chi connectivity index (χ4n) is 3.22. The zero-order chi connectivity index (χ0) is 15.4. The van der Waals surface area contributed by atoms with Gasteiger partial charge in [-0.3, -0.25) is 4.79 Å². The van der Waals surface area contributed by atoms with Crippen LogP contribution in [0, 0.1) is 5.92 Å². The van der Waals surface area contributed by atoms with Crippen molar-refractivity contribution in [1.82, 2.24) is 4.98 Å². The first-order valence-corrected chi connectivity index (χ1v) is 8.08. The molecule has 1 aromatic rings. The average molecular weight is 304 g/mol. The van der Waals surface area contributed by atoms with Crippen molar-refractivity contribution in [2.45, 2.75) is 31.7 Å². The van der Waals surface area contributed by atoms with Crippen LogP contribution in [0.3, 0.4) is 0 Å². The maximum absolute atomic E-state index is 12.5. The molecule has 2 atom stereocenters. The molecule has 1 aliphatic heterocycles. The van der Waals surface area contributed by atoms with Gasteiger partial charge in [0, 0.05) is 31.2 Å². The highest BCUT2D eigenvalue weighted by Crippen LogP contribution is 2.27. The lowest BCUT2D eigenvalue weighted by Gasteiger charge is -2.30. The van der Waals surface area contributed by atoms with Crippen LogP contribution in [0.5, 0.6) is 0 Å². The first kappa shape index (κ1) is 15.2. The van der Waals surface area contributed by atoms with E-state index in [1.807, 2.05) is 12.1 Å². The third-order valence-corrected chi connectivity index (χ3v) is 4.44. The molecule has 0 spiro atoms. The van der Waals surface area contributed by atoms with Gasteiger partial charge in [0.25, 0.3) is 0 Å². The molecule has 1 saturated carbocycles. The van der Waals surface area contributed by atoms with Gasteiger partial charge in [-0.2, -0.15) is 0 Å². The average Bonchev–Trinajstić information content (AvgIpc) is 2.56. The van der Waals surface area contributed by atoms with Crippen LogP contribution < -0.4 is 16.0 Å². The van der Waals surface area contributed by atoms with Gasteiger partial charge in [-0.15, -0.1) is 0 Å². The summed E-state index contributed by atoms with van der Waals surface area (Å²) < 4.78 is 5.38. The van der Waals surface area contributed by atoms with E-state index in [1.165, 1.54) is 0 Å².